The van der Waals surface area contributed by atoms with E-state index >= 15 is 0 Å². The van der Waals surface area contributed by atoms with Gasteiger partial charge in [-0.15, -0.1) is 0 Å². The standard InChI is InChI=1S/C14H22BrNO2/c1-3-14(4-2,16-8-5-6-9-16)13(17)12-11(15)7-10-18-12/h7,10,13,17H,3-6,8-9H2,1-2H3. The molecule has 0 spiro atoms. The summed E-state index contributed by atoms with van der Waals surface area (Å²) < 4.78 is 6.33. The molecule has 0 saturated carbocycles. The van der Waals surface area contributed by atoms with Gasteiger partial charge in [0.25, 0.3) is 0 Å². The number of halogens is 1. The Morgan fingerprint density at radius 3 is 2.44 bits per heavy atom. The zero-order chi connectivity index (χ0) is 13.2. The van der Waals surface area contributed by atoms with Crippen LogP contribution in [0.3, 0.4) is 0 Å². The van der Waals surface area contributed by atoms with Gasteiger partial charge in [0.1, 0.15) is 11.9 Å². The van der Waals surface area contributed by atoms with Gasteiger partial charge in [-0.1, -0.05) is 13.8 Å². The van der Waals surface area contributed by atoms with E-state index in [1.54, 1.807) is 6.26 Å². The number of hydrogen-bond acceptors (Lipinski definition) is 3. The molecule has 1 unspecified atom stereocenters. The molecule has 0 aliphatic carbocycles. The van der Waals surface area contributed by atoms with Gasteiger partial charge < -0.3 is 9.52 Å². The van der Waals surface area contributed by atoms with Crippen LogP contribution in [-0.4, -0.2) is 28.6 Å². The van der Waals surface area contributed by atoms with Crippen molar-refractivity contribution in [1.29, 1.82) is 0 Å². The molecule has 1 aromatic rings. The molecule has 1 N–H and O–H groups in total. The first kappa shape index (κ1) is 14.1. The number of rotatable bonds is 5. The van der Waals surface area contributed by atoms with Gasteiger partial charge >= 0.3 is 0 Å². The Kier molecular flexibility index (Phi) is 4.51. The fraction of sp³-hybridized carbons (Fsp3) is 0.714. The second kappa shape index (κ2) is 5.76. The molecule has 18 heavy (non-hydrogen) atoms. The number of furan rings is 1. The summed E-state index contributed by atoms with van der Waals surface area (Å²) in [6.07, 6.45) is 5.37. The average molecular weight is 316 g/mol. The van der Waals surface area contributed by atoms with Crippen LogP contribution in [0.5, 0.6) is 0 Å². The van der Waals surface area contributed by atoms with E-state index < -0.39 is 6.10 Å². The molecule has 1 aliphatic rings. The highest BCUT2D eigenvalue weighted by Gasteiger charge is 2.44. The molecule has 0 aromatic carbocycles. The number of aliphatic hydroxyl groups excluding tert-OH is 1. The Bertz CT molecular complexity index is 381. The maximum absolute atomic E-state index is 10.8. The Balaban J connectivity index is 2.31. The summed E-state index contributed by atoms with van der Waals surface area (Å²) >= 11 is 3.45. The molecule has 0 bridgehead atoms. The van der Waals surface area contributed by atoms with Gasteiger partial charge in [0, 0.05) is 0 Å². The van der Waals surface area contributed by atoms with Gasteiger partial charge in [-0.05, 0) is 60.8 Å². The second-order valence-corrected chi connectivity index (χ2v) is 5.89. The number of likely N-dealkylation sites (tertiary alicyclic amines) is 1. The quantitative estimate of drug-likeness (QED) is 0.899. The smallest absolute Gasteiger partial charge is 0.148 e. The molecule has 1 saturated heterocycles. The van der Waals surface area contributed by atoms with Gasteiger partial charge in [0.05, 0.1) is 16.3 Å². The first-order valence-corrected chi connectivity index (χ1v) is 7.61. The van der Waals surface area contributed by atoms with E-state index in [1.807, 2.05) is 6.07 Å². The fourth-order valence-electron chi connectivity index (χ4n) is 3.16. The summed E-state index contributed by atoms with van der Waals surface area (Å²) in [5.74, 6) is 0.658. The first-order valence-electron chi connectivity index (χ1n) is 6.81. The Labute approximate surface area is 117 Å². The van der Waals surface area contributed by atoms with Crippen molar-refractivity contribution in [2.75, 3.05) is 13.1 Å². The zero-order valence-electron chi connectivity index (χ0n) is 11.2. The molecule has 102 valence electrons. The van der Waals surface area contributed by atoms with E-state index in [9.17, 15) is 5.11 Å². The number of aliphatic hydroxyl groups is 1. The topological polar surface area (TPSA) is 36.6 Å². The fourth-order valence-corrected chi connectivity index (χ4v) is 3.58. The first-order chi connectivity index (χ1) is 8.65. The Morgan fingerprint density at radius 1 is 1.39 bits per heavy atom. The molecule has 3 nitrogen and oxygen atoms in total. The lowest BCUT2D eigenvalue weighted by molar-refractivity contribution is -0.0405. The summed E-state index contributed by atoms with van der Waals surface area (Å²) in [6, 6.07) is 1.85. The average Bonchev–Trinajstić information content (AvgIpc) is 3.02. The molecule has 4 heteroatoms. The minimum absolute atomic E-state index is 0.198. The van der Waals surface area contributed by atoms with Crippen molar-refractivity contribution in [3.05, 3.63) is 22.6 Å². The third-order valence-electron chi connectivity index (χ3n) is 4.36. The molecule has 0 amide bonds. The van der Waals surface area contributed by atoms with Crippen molar-refractivity contribution in [2.24, 2.45) is 0 Å². The van der Waals surface area contributed by atoms with Gasteiger partial charge in [-0.2, -0.15) is 0 Å². The minimum atomic E-state index is -0.574. The van der Waals surface area contributed by atoms with Crippen LogP contribution < -0.4 is 0 Å². The number of hydrogen-bond donors (Lipinski definition) is 1. The normalized spacial score (nSPS) is 19.3. The Hall–Kier alpha value is -0.320. The number of nitrogens with zero attached hydrogens (tertiary/aromatic N) is 1. The second-order valence-electron chi connectivity index (χ2n) is 5.04. The summed E-state index contributed by atoms with van der Waals surface area (Å²) in [5, 5.41) is 10.8. The largest absolute Gasteiger partial charge is 0.465 e. The molecule has 1 atom stereocenters. The van der Waals surface area contributed by atoms with Crippen LogP contribution >= 0.6 is 15.9 Å². The monoisotopic (exact) mass is 315 g/mol. The molecule has 2 heterocycles. The maximum atomic E-state index is 10.8. The van der Waals surface area contributed by atoms with E-state index in [2.05, 4.69) is 34.7 Å². The summed E-state index contributed by atoms with van der Waals surface area (Å²) in [7, 11) is 0. The van der Waals surface area contributed by atoms with Crippen molar-refractivity contribution in [2.45, 2.75) is 51.2 Å². The van der Waals surface area contributed by atoms with Crippen LogP contribution in [0.2, 0.25) is 0 Å². The molecule has 1 fully saturated rings. The third-order valence-corrected chi connectivity index (χ3v) is 5.02. The molecule has 1 aliphatic heterocycles. The van der Waals surface area contributed by atoms with Crippen molar-refractivity contribution < 1.29 is 9.52 Å². The maximum Gasteiger partial charge on any atom is 0.148 e. The van der Waals surface area contributed by atoms with Crippen LogP contribution in [0.1, 0.15) is 51.4 Å². The molecular formula is C14H22BrNO2. The molecule has 0 radical (unpaired) electrons. The van der Waals surface area contributed by atoms with Crippen molar-refractivity contribution in [3.8, 4) is 0 Å². The van der Waals surface area contributed by atoms with E-state index in [0.29, 0.717) is 5.76 Å². The zero-order valence-corrected chi connectivity index (χ0v) is 12.7. The van der Waals surface area contributed by atoms with Crippen molar-refractivity contribution in [3.63, 3.8) is 0 Å². The Morgan fingerprint density at radius 2 is 2.00 bits per heavy atom. The lowest BCUT2D eigenvalue weighted by atomic mass is 9.83. The van der Waals surface area contributed by atoms with E-state index in [0.717, 1.165) is 30.4 Å². The van der Waals surface area contributed by atoms with Crippen LogP contribution in [0.25, 0.3) is 0 Å². The van der Waals surface area contributed by atoms with E-state index in [4.69, 9.17) is 4.42 Å². The summed E-state index contributed by atoms with van der Waals surface area (Å²) in [4.78, 5) is 2.44. The minimum Gasteiger partial charge on any atom is -0.465 e. The highest BCUT2D eigenvalue weighted by Crippen LogP contribution is 2.41. The molecule has 1 aromatic heterocycles. The van der Waals surface area contributed by atoms with Crippen molar-refractivity contribution in [1.82, 2.24) is 4.90 Å². The van der Waals surface area contributed by atoms with Gasteiger partial charge in [-0.3, -0.25) is 4.90 Å². The highest BCUT2D eigenvalue weighted by molar-refractivity contribution is 9.10. The van der Waals surface area contributed by atoms with E-state index in [-0.39, 0.29) is 5.54 Å². The van der Waals surface area contributed by atoms with Gasteiger partial charge in [0.15, 0.2) is 0 Å². The van der Waals surface area contributed by atoms with Crippen LogP contribution in [0.15, 0.2) is 21.2 Å². The van der Waals surface area contributed by atoms with E-state index in [1.165, 1.54) is 12.8 Å². The predicted octanol–water partition coefficient (Wildman–Crippen LogP) is 3.73. The lowest BCUT2D eigenvalue weighted by Gasteiger charge is -2.43. The molecule has 2 rings (SSSR count). The SMILES string of the molecule is CCC(CC)(C(O)c1occc1Br)N1CCCC1. The van der Waals surface area contributed by atoms with Crippen LogP contribution in [0.4, 0.5) is 0 Å². The summed E-state index contributed by atoms with van der Waals surface area (Å²) in [6.45, 7) is 6.47. The third kappa shape index (κ3) is 2.26. The summed E-state index contributed by atoms with van der Waals surface area (Å²) in [5.41, 5.74) is -0.198. The predicted molar refractivity (Wildman–Crippen MR) is 75.5 cm³/mol. The van der Waals surface area contributed by atoms with Crippen molar-refractivity contribution >= 4 is 15.9 Å². The van der Waals surface area contributed by atoms with Crippen LogP contribution in [-0.2, 0) is 0 Å². The van der Waals surface area contributed by atoms with Gasteiger partial charge in [-0.25, -0.2) is 0 Å². The molecular weight excluding hydrogens is 294 g/mol. The van der Waals surface area contributed by atoms with Gasteiger partial charge in [0.2, 0.25) is 0 Å². The lowest BCUT2D eigenvalue weighted by Crippen LogP contribution is -2.51. The highest BCUT2D eigenvalue weighted by atomic mass is 79.9. The van der Waals surface area contributed by atoms with Crippen LogP contribution in [0, 0.1) is 0 Å².